The third-order valence-electron chi connectivity index (χ3n) is 4.25. The molecule has 1 aliphatic rings. The van der Waals surface area contributed by atoms with Gasteiger partial charge in [0.15, 0.2) is 0 Å². The molecule has 1 aromatic carbocycles. The normalized spacial score (nSPS) is 15.6. The molecule has 0 aromatic heterocycles. The van der Waals surface area contributed by atoms with Gasteiger partial charge < -0.3 is 10.6 Å². The maximum Gasteiger partial charge on any atom is 0.270 e. The number of amides is 2. The first kappa shape index (κ1) is 19.2. The molecule has 7 nitrogen and oxygen atoms in total. The minimum absolute atomic E-state index is 0.149. The highest BCUT2D eigenvalue weighted by Crippen LogP contribution is 2.18. The van der Waals surface area contributed by atoms with Crippen molar-refractivity contribution in [1.29, 1.82) is 0 Å². The topological polar surface area (TPSA) is 101 Å². The zero-order valence-corrected chi connectivity index (χ0v) is 15.0. The van der Waals surface area contributed by atoms with Crippen LogP contribution in [0.3, 0.4) is 0 Å². The van der Waals surface area contributed by atoms with Gasteiger partial charge in [0.05, 0.1) is 4.92 Å². The molecule has 0 aliphatic heterocycles. The van der Waals surface area contributed by atoms with E-state index in [4.69, 9.17) is 0 Å². The molecule has 2 rings (SSSR count). The van der Waals surface area contributed by atoms with Crippen LogP contribution in [0.5, 0.6) is 0 Å². The number of non-ortho nitro benzene ring substituents is 1. The van der Waals surface area contributed by atoms with Gasteiger partial charge in [0.25, 0.3) is 11.6 Å². The van der Waals surface area contributed by atoms with Gasteiger partial charge in [-0.3, -0.25) is 19.7 Å². The van der Waals surface area contributed by atoms with Crippen LogP contribution in [0, 0.1) is 10.1 Å². The fraction of sp³-hybridized carbons (Fsp3) is 0.529. The van der Waals surface area contributed by atoms with Crippen LogP contribution in [-0.4, -0.2) is 40.8 Å². The van der Waals surface area contributed by atoms with Crippen molar-refractivity contribution in [1.82, 2.24) is 10.6 Å². The highest BCUT2D eigenvalue weighted by atomic mass is 32.2. The van der Waals surface area contributed by atoms with Gasteiger partial charge in [0.1, 0.15) is 6.04 Å². The predicted octanol–water partition coefficient (Wildman–Crippen LogP) is 2.51. The lowest BCUT2D eigenvalue weighted by atomic mass is 10.1. The minimum Gasteiger partial charge on any atom is -0.352 e. The van der Waals surface area contributed by atoms with Crippen molar-refractivity contribution in [3.63, 3.8) is 0 Å². The second-order valence-corrected chi connectivity index (χ2v) is 7.09. The molecule has 0 bridgehead atoms. The Bertz CT molecular complexity index is 632. The monoisotopic (exact) mass is 365 g/mol. The van der Waals surface area contributed by atoms with Crippen LogP contribution < -0.4 is 10.6 Å². The molecule has 0 heterocycles. The Kier molecular flexibility index (Phi) is 7.24. The Morgan fingerprint density at radius 2 is 2.08 bits per heavy atom. The zero-order chi connectivity index (χ0) is 18.2. The second kappa shape index (κ2) is 9.41. The van der Waals surface area contributed by atoms with Gasteiger partial charge in [-0.15, -0.1) is 0 Å². The van der Waals surface area contributed by atoms with Crippen molar-refractivity contribution in [2.45, 2.75) is 44.2 Å². The number of benzene rings is 1. The van der Waals surface area contributed by atoms with Crippen LogP contribution >= 0.6 is 11.8 Å². The van der Waals surface area contributed by atoms with E-state index >= 15 is 0 Å². The van der Waals surface area contributed by atoms with E-state index in [0.717, 1.165) is 31.4 Å². The first-order valence-corrected chi connectivity index (χ1v) is 9.75. The van der Waals surface area contributed by atoms with Crippen molar-refractivity contribution in [3.05, 3.63) is 39.9 Å². The van der Waals surface area contributed by atoms with E-state index in [-0.39, 0.29) is 23.2 Å². The molecule has 0 radical (unpaired) electrons. The Hall–Kier alpha value is -2.09. The van der Waals surface area contributed by atoms with Crippen LogP contribution in [0.25, 0.3) is 0 Å². The summed E-state index contributed by atoms with van der Waals surface area (Å²) in [6, 6.07) is 5.05. The Morgan fingerprint density at radius 3 is 2.72 bits per heavy atom. The van der Waals surface area contributed by atoms with Gasteiger partial charge in [-0.2, -0.15) is 11.8 Å². The van der Waals surface area contributed by atoms with Crippen LogP contribution in [0.1, 0.15) is 42.5 Å². The van der Waals surface area contributed by atoms with E-state index in [1.807, 2.05) is 6.26 Å². The number of hydrogen-bond donors (Lipinski definition) is 2. The first-order valence-electron chi connectivity index (χ1n) is 8.36. The lowest BCUT2D eigenvalue weighted by Crippen LogP contribution is -2.49. The van der Waals surface area contributed by atoms with Gasteiger partial charge >= 0.3 is 0 Å². The maximum absolute atomic E-state index is 12.5. The maximum atomic E-state index is 12.5. The summed E-state index contributed by atoms with van der Waals surface area (Å²) in [5.41, 5.74) is 0.0285. The number of carbonyl (C=O) groups excluding carboxylic acids is 2. The highest BCUT2D eigenvalue weighted by Gasteiger charge is 2.25. The van der Waals surface area contributed by atoms with E-state index in [1.165, 1.54) is 24.3 Å². The van der Waals surface area contributed by atoms with Gasteiger partial charge in [-0.05, 0) is 37.3 Å². The third-order valence-corrected chi connectivity index (χ3v) is 4.90. The average Bonchev–Trinajstić information content (AvgIpc) is 3.11. The highest BCUT2D eigenvalue weighted by molar-refractivity contribution is 7.98. The lowest BCUT2D eigenvalue weighted by Gasteiger charge is -2.21. The SMILES string of the molecule is CSCC[C@@H](NC(=O)c1cccc([N+](=O)[O-])c1)C(=O)NC1CCCC1. The molecule has 1 aliphatic carbocycles. The Balaban J connectivity index is 2.04. The molecule has 1 fully saturated rings. The van der Waals surface area contributed by atoms with Crippen LogP contribution in [0.2, 0.25) is 0 Å². The number of thioether (sulfide) groups is 1. The summed E-state index contributed by atoms with van der Waals surface area (Å²) < 4.78 is 0. The van der Waals surface area contributed by atoms with Gasteiger partial charge in [-0.25, -0.2) is 0 Å². The number of nitro benzene ring substituents is 1. The molecule has 0 spiro atoms. The van der Waals surface area contributed by atoms with E-state index < -0.39 is 16.9 Å². The van der Waals surface area contributed by atoms with Gasteiger partial charge in [0, 0.05) is 23.7 Å². The Labute approximate surface area is 151 Å². The molecule has 8 heteroatoms. The molecular weight excluding hydrogens is 342 g/mol. The second-order valence-electron chi connectivity index (χ2n) is 6.10. The summed E-state index contributed by atoms with van der Waals surface area (Å²) >= 11 is 1.60. The summed E-state index contributed by atoms with van der Waals surface area (Å²) in [6.07, 6.45) is 6.62. The quantitative estimate of drug-likeness (QED) is 0.544. The molecular formula is C17H23N3O4S. The number of nitrogens with one attached hydrogen (secondary N) is 2. The van der Waals surface area contributed by atoms with E-state index in [9.17, 15) is 19.7 Å². The van der Waals surface area contributed by atoms with Crippen LogP contribution in [0.15, 0.2) is 24.3 Å². The molecule has 2 amide bonds. The molecule has 0 unspecified atom stereocenters. The average molecular weight is 365 g/mol. The Morgan fingerprint density at radius 1 is 1.36 bits per heavy atom. The van der Waals surface area contributed by atoms with Crippen molar-refractivity contribution in [2.24, 2.45) is 0 Å². The third kappa shape index (κ3) is 5.74. The fourth-order valence-corrected chi connectivity index (χ4v) is 3.35. The number of carbonyl (C=O) groups is 2. The van der Waals surface area contributed by atoms with E-state index in [0.29, 0.717) is 6.42 Å². The minimum atomic E-state index is -0.639. The molecule has 0 saturated heterocycles. The summed E-state index contributed by atoms with van der Waals surface area (Å²) in [5.74, 6) is 0.0777. The summed E-state index contributed by atoms with van der Waals surface area (Å²) in [5, 5.41) is 16.6. The van der Waals surface area contributed by atoms with Crippen LogP contribution in [0.4, 0.5) is 5.69 Å². The molecule has 1 atom stereocenters. The van der Waals surface area contributed by atoms with Gasteiger partial charge in [0.2, 0.25) is 5.91 Å². The smallest absolute Gasteiger partial charge is 0.270 e. The van der Waals surface area contributed by atoms with Crippen molar-refractivity contribution in [3.8, 4) is 0 Å². The molecule has 2 N–H and O–H groups in total. The molecule has 1 aromatic rings. The summed E-state index contributed by atoms with van der Waals surface area (Å²) in [6.45, 7) is 0. The molecule has 25 heavy (non-hydrogen) atoms. The summed E-state index contributed by atoms with van der Waals surface area (Å²) in [4.78, 5) is 35.2. The molecule has 1 saturated carbocycles. The zero-order valence-electron chi connectivity index (χ0n) is 14.2. The lowest BCUT2D eigenvalue weighted by molar-refractivity contribution is -0.384. The summed E-state index contributed by atoms with van der Waals surface area (Å²) in [7, 11) is 0. The number of rotatable bonds is 8. The standard InChI is InChI=1S/C17H23N3O4S/c1-25-10-9-15(17(22)18-13-6-2-3-7-13)19-16(21)12-5-4-8-14(11-12)20(23)24/h4-5,8,11,13,15H,2-3,6-7,9-10H2,1H3,(H,18,22)(H,19,21)/t15-/m1/s1. The van der Waals surface area contributed by atoms with Crippen LogP contribution in [-0.2, 0) is 4.79 Å². The van der Waals surface area contributed by atoms with E-state index in [1.54, 1.807) is 11.8 Å². The van der Waals surface area contributed by atoms with Gasteiger partial charge in [-0.1, -0.05) is 18.9 Å². The predicted molar refractivity (Wildman–Crippen MR) is 97.7 cm³/mol. The van der Waals surface area contributed by atoms with Crippen molar-refractivity contribution >= 4 is 29.3 Å². The fourth-order valence-electron chi connectivity index (χ4n) is 2.88. The van der Waals surface area contributed by atoms with E-state index in [2.05, 4.69) is 10.6 Å². The van der Waals surface area contributed by atoms with Crippen molar-refractivity contribution in [2.75, 3.05) is 12.0 Å². The molecule has 136 valence electrons. The largest absolute Gasteiger partial charge is 0.352 e. The van der Waals surface area contributed by atoms with Crippen molar-refractivity contribution < 1.29 is 14.5 Å². The number of hydrogen-bond acceptors (Lipinski definition) is 5. The number of nitrogens with zero attached hydrogens (tertiary/aromatic N) is 1. The number of nitro groups is 1. The first-order chi connectivity index (χ1) is 12.0.